The summed E-state index contributed by atoms with van der Waals surface area (Å²) in [4.78, 5) is 6.60. The van der Waals surface area contributed by atoms with E-state index in [0.717, 1.165) is 52.2 Å². The average Bonchev–Trinajstić information content (AvgIpc) is 3.58. The van der Waals surface area contributed by atoms with Gasteiger partial charge >= 0.3 is 0 Å². The molecule has 3 heterocycles. The zero-order valence-electron chi connectivity index (χ0n) is 41.1. The summed E-state index contributed by atoms with van der Waals surface area (Å²) >= 11 is 1.92. The lowest BCUT2D eigenvalue weighted by molar-refractivity contribution is 0.849. The molecule has 0 amide bonds. The van der Waals surface area contributed by atoms with Gasteiger partial charge in [-0.05, 0) is 174 Å². The molecule has 1 aliphatic carbocycles. The van der Waals surface area contributed by atoms with Crippen molar-refractivity contribution >= 4 is 61.9 Å². The molecular formula is C65H67NS2. The SMILES string of the molecule is C=C(/C=C(\C=C\C)c1ccccc1)C(/C=C\C(=C)N(c1ccc(/C(C)=c2\sc3c(\c2=C\C)CCCC=C3)cc1)c1ccc(-c2ccccc2)cc1)=C/C.C=C/C=C\C1=C(C)S2=CC=CC=C12.CC. The first-order chi connectivity index (χ1) is 33.3. The van der Waals surface area contributed by atoms with Crippen molar-refractivity contribution in [3.05, 3.63) is 271 Å². The third-order valence-electron chi connectivity index (χ3n) is 12.0. The number of allylic oxidation sites excluding steroid dienone is 18. The summed E-state index contributed by atoms with van der Waals surface area (Å²) in [5, 5.41) is 3.67. The van der Waals surface area contributed by atoms with Crippen molar-refractivity contribution in [3.8, 4) is 11.1 Å². The zero-order valence-corrected chi connectivity index (χ0v) is 42.8. The predicted octanol–water partition coefficient (Wildman–Crippen LogP) is 17.7. The molecule has 1 nitrogen and oxygen atoms in total. The Labute approximate surface area is 414 Å². The highest BCUT2D eigenvalue weighted by Crippen LogP contribution is 2.52. The molecule has 0 radical (unpaired) electrons. The molecule has 68 heavy (non-hydrogen) atoms. The van der Waals surface area contributed by atoms with Crippen molar-refractivity contribution in [2.75, 3.05) is 4.90 Å². The molecule has 2 aliphatic heterocycles. The first kappa shape index (κ1) is 50.6. The van der Waals surface area contributed by atoms with Crippen LogP contribution in [0.1, 0.15) is 82.9 Å². The number of hydrogen-bond donors (Lipinski definition) is 0. The average molecular weight is 926 g/mol. The van der Waals surface area contributed by atoms with Crippen LogP contribution in [0, 0.1) is 0 Å². The second kappa shape index (κ2) is 25.4. The van der Waals surface area contributed by atoms with E-state index in [-0.39, 0.29) is 0 Å². The van der Waals surface area contributed by atoms with E-state index in [9.17, 15) is 0 Å². The van der Waals surface area contributed by atoms with Crippen LogP contribution in [0.5, 0.6) is 0 Å². The quantitative estimate of drug-likeness (QED) is 0.0840. The van der Waals surface area contributed by atoms with Gasteiger partial charge < -0.3 is 4.90 Å². The fourth-order valence-corrected chi connectivity index (χ4v) is 11.6. The van der Waals surface area contributed by atoms with Crippen LogP contribution in [0.25, 0.3) is 34.4 Å². The molecule has 1 aromatic heterocycles. The maximum atomic E-state index is 4.61. The number of thiophene rings is 1. The minimum Gasteiger partial charge on any atom is -0.311 e. The Bertz CT molecular complexity index is 3040. The Kier molecular flexibility index (Phi) is 18.9. The number of fused-ring (bicyclic) bond motifs is 2. The first-order valence-corrected chi connectivity index (χ1v) is 26.0. The topological polar surface area (TPSA) is 3.24 Å². The van der Waals surface area contributed by atoms with Crippen LogP contribution in [0.15, 0.2) is 240 Å². The highest BCUT2D eigenvalue weighted by Gasteiger charge is 2.23. The third-order valence-corrected chi connectivity index (χ3v) is 15.4. The van der Waals surface area contributed by atoms with Crippen molar-refractivity contribution in [2.24, 2.45) is 0 Å². The van der Waals surface area contributed by atoms with E-state index in [1.165, 1.54) is 64.3 Å². The predicted molar refractivity (Wildman–Crippen MR) is 309 cm³/mol. The monoisotopic (exact) mass is 925 g/mol. The largest absolute Gasteiger partial charge is 0.311 e. The fraction of sp³-hybridized carbons (Fsp3) is 0.154. The minimum absolute atomic E-state index is 0.311. The fourth-order valence-electron chi connectivity index (χ4n) is 8.42. The van der Waals surface area contributed by atoms with Crippen molar-refractivity contribution in [1.29, 1.82) is 0 Å². The molecule has 1 unspecified atom stereocenters. The Morgan fingerprint density at radius 2 is 1.43 bits per heavy atom. The lowest BCUT2D eigenvalue weighted by atomic mass is 9.99. The maximum absolute atomic E-state index is 4.61. The molecule has 0 spiro atoms. The van der Waals surface area contributed by atoms with E-state index >= 15 is 0 Å². The standard InChI is InChI=1S/C51H49NS.C12H12S.C2H6/c1-7-19-45(43-22-15-11-16-23-43)36-37(4)40(8-2)27-26-38(5)52(47-34-30-44(31-35-47)42-20-13-10-14-21-42)46-32-28-41(29-33-46)39(6)51-48(9-3)49-24-17-12-18-25-50(49)53-51;1-3-4-7-11-10(2)13-9-6-5-8-12(11)13;1-2/h7-11,13-16,18-23,25-36H,4-5,12,17,24H2,1-3,6H3;3-9H,1H2,2H3;1-2H3/b19-7+,27-26-,40-8+,45-36+,48-9-,51-39-;7-4-;. The number of anilines is 2. The van der Waals surface area contributed by atoms with E-state index in [1.54, 1.807) is 0 Å². The summed E-state index contributed by atoms with van der Waals surface area (Å²) in [7, 11) is 0.311. The normalized spacial score (nSPS) is 16.1. The second-order valence-electron chi connectivity index (χ2n) is 16.2. The first-order valence-electron chi connectivity index (χ1n) is 23.8. The Balaban J connectivity index is 0.000000431. The molecule has 8 rings (SSSR count). The lowest BCUT2D eigenvalue weighted by Crippen LogP contribution is -2.24. The van der Waals surface area contributed by atoms with Crippen LogP contribution in [0.2, 0.25) is 0 Å². The van der Waals surface area contributed by atoms with E-state index in [4.69, 9.17) is 0 Å². The molecule has 3 aliphatic rings. The van der Waals surface area contributed by atoms with Gasteiger partial charge in [0.2, 0.25) is 0 Å². The highest BCUT2D eigenvalue weighted by molar-refractivity contribution is 8.23. The third kappa shape index (κ3) is 12.2. The van der Waals surface area contributed by atoms with Gasteiger partial charge in [0, 0.05) is 31.4 Å². The molecule has 1 atom stereocenters. The zero-order chi connectivity index (χ0) is 48.4. The molecular weight excluding hydrogens is 859 g/mol. The smallest absolute Gasteiger partial charge is 0.0461 e. The van der Waals surface area contributed by atoms with E-state index in [0.29, 0.717) is 10.5 Å². The Morgan fingerprint density at radius 3 is 2.07 bits per heavy atom. The molecule has 0 bridgehead atoms. The molecule has 3 heteroatoms. The molecule has 0 saturated carbocycles. The summed E-state index contributed by atoms with van der Waals surface area (Å²) in [6.45, 7) is 27.5. The lowest BCUT2D eigenvalue weighted by Gasteiger charge is -2.29. The van der Waals surface area contributed by atoms with E-state index < -0.39 is 0 Å². The summed E-state index contributed by atoms with van der Waals surface area (Å²) in [5.41, 5.74) is 15.0. The summed E-state index contributed by atoms with van der Waals surface area (Å²) in [6.07, 6.45) is 35.5. The van der Waals surface area contributed by atoms with Gasteiger partial charge in [0.1, 0.15) is 0 Å². The Hall–Kier alpha value is -6.78. The number of benzene rings is 4. The minimum atomic E-state index is 0.311. The van der Waals surface area contributed by atoms with Crippen LogP contribution < -0.4 is 14.7 Å². The van der Waals surface area contributed by atoms with Crippen molar-refractivity contribution in [2.45, 2.75) is 67.7 Å². The molecule has 0 N–H and O–H groups in total. The molecule has 0 fully saturated rings. The van der Waals surface area contributed by atoms with Crippen molar-refractivity contribution in [3.63, 3.8) is 0 Å². The maximum Gasteiger partial charge on any atom is 0.0461 e. The van der Waals surface area contributed by atoms with Crippen LogP contribution in [0.3, 0.4) is 0 Å². The molecule has 0 saturated heterocycles. The van der Waals surface area contributed by atoms with Gasteiger partial charge in [-0.15, -0.1) is 21.8 Å². The van der Waals surface area contributed by atoms with Gasteiger partial charge in [-0.1, -0.05) is 185 Å². The van der Waals surface area contributed by atoms with Crippen LogP contribution >= 0.6 is 21.8 Å². The van der Waals surface area contributed by atoms with Gasteiger partial charge in [-0.2, -0.15) is 0 Å². The van der Waals surface area contributed by atoms with Gasteiger partial charge in [-0.25, -0.2) is 0 Å². The second-order valence-corrected chi connectivity index (χ2v) is 19.3. The van der Waals surface area contributed by atoms with E-state index in [1.807, 2.05) is 50.3 Å². The highest BCUT2D eigenvalue weighted by atomic mass is 32.2. The van der Waals surface area contributed by atoms with Crippen molar-refractivity contribution in [1.82, 2.24) is 0 Å². The number of hydrogen-bond acceptors (Lipinski definition) is 2. The molecule has 5 aromatic rings. The van der Waals surface area contributed by atoms with Crippen LogP contribution in [0.4, 0.5) is 11.4 Å². The van der Waals surface area contributed by atoms with Gasteiger partial charge in [-0.3, -0.25) is 0 Å². The Morgan fingerprint density at radius 1 is 0.765 bits per heavy atom. The molecule has 344 valence electrons. The summed E-state index contributed by atoms with van der Waals surface area (Å²) in [5.74, 6) is 0. The van der Waals surface area contributed by atoms with Crippen molar-refractivity contribution < 1.29 is 0 Å². The number of rotatable bonds is 13. The summed E-state index contributed by atoms with van der Waals surface area (Å²) in [6, 6.07) is 38.6. The van der Waals surface area contributed by atoms with E-state index in [2.05, 4.69) is 240 Å². The van der Waals surface area contributed by atoms with Crippen LogP contribution in [-0.4, -0.2) is 5.37 Å². The number of nitrogens with zero attached hydrogens (tertiary/aromatic N) is 1. The van der Waals surface area contributed by atoms with Gasteiger partial charge in [0.15, 0.2) is 0 Å². The van der Waals surface area contributed by atoms with Gasteiger partial charge in [0.25, 0.3) is 0 Å². The van der Waals surface area contributed by atoms with Gasteiger partial charge in [0.05, 0.1) is 0 Å². The summed E-state index contributed by atoms with van der Waals surface area (Å²) < 4.78 is 1.37. The molecule has 4 aromatic carbocycles. The van der Waals surface area contributed by atoms with Crippen LogP contribution in [-0.2, 0) is 6.42 Å².